The Morgan fingerprint density at radius 2 is 1.76 bits per heavy atom. The maximum absolute atomic E-state index is 12.3. The first-order valence-corrected chi connectivity index (χ1v) is 7.88. The van der Waals surface area contributed by atoms with Gasteiger partial charge in [0.25, 0.3) is 5.91 Å². The fourth-order valence-corrected chi connectivity index (χ4v) is 2.59. The van der Waals surface area contributed by atoms with Crippen LogP contribution in [0.15, 0.2) is 73.3 Å². The number of hydrogen-bond acceptors (Lipinski definition) is 4. The average Bonchev–Trinajstić information content (AvgIpc) is 3.11. The normalized spacial score (nSPS) is 10.7. The van der Waals surface area contributed by atoms with Gasteiger partial charge in [-0.15, -0.1) is 0 Å². The average molecular weight is 329 g/mol. The molecule has 0 fully saturated rings. The predicted octanol–water partition coefficient (Wildman–Crippen LogP) is 2.75. The summed E-state index contributed by atoms with van der Waals surface area (Å²) in [5.74, 6) is -0.134. The first-order valence-electron chi connectivity index (χ1n) is 7.88. The summed E-state index contributed by atoms with van der Waals surface area (Å²) < 4.78 is 1.89. The van der Waals surface area contributed by atoms with Crippen molar-refractivity contribution in [3.8, 4) is 5.69 Å². The molecule has 0 aliphatic rings. The van der Waals surface area contributed by atoms with E-state index in [0.717, 1.165) is 22.5 Å². The van der Waals surface area contributed by atoms with Crippen molar-refractivity contribution in [2.45, 2.75) is 6.54 Å². The largest absolute Gasteiger partial charge is 0.346 e. The lowest BCUT2D eigenvalue weighted by atomic mass is 10.2. The molecule has 0 radical (unpaired) electrons. The van der Waals surface area contributed by atoms with Crippen molar-refractivity contribution in [2.75, 3.05) is 0 Å². The molecule has 6 nitrogen and oxygen atoms in total. The third-order valence-corrected chi connectivity index (χ3v) is 3.87. The summed E-state index contributed by atoms with van der Waals surface area (Å²) >= 11 is 0. The zero-order valence-corrected chi connectivity index (χ0v) is 13.3. The predicted molar refractivity (Wildman–Crippen MR) is 94.3 cm³/mol. The second kappa shape index (κ2) is 6.52. The highest BCUT2D eigenvalue weighted by Crippen LogP contribution is 2.16. The number of imidazole rings is 1. The van der Waals surface area contributed by atoms with Crippen molar-refractivity contribution < 1.29 is 4.79 Å². The van der Waals surface area contributed by atoms with E-state index < -0.39 is 0 Å². The summed E-state index contributed by atoms with van der Waals surface area (Å²) in [6.07, 6.45) is 5.17. The lowest BCUT2D eigenvalue weighted by molar-refractivity contribution is 0.0950. The summed E-state index contributed by atoms with van der Waals surface area (Å²) in [5.41, 5.74) is 3.94. The van der Waals surface area contributed by atoms with Gasteiger partial charge in [0.05, 0.1) is 12.2 Å². The molecule has 1 aromatic carbocycles. The maximum Gasteiger partial charge on any atom is 0.251 e. The van der Waals surface area contributed by atoms with E-state index >= 15 is 0 Å². The highest BCUT2D eigenvalue weighted by Gasteiger charge is 2.08. The number of nitrogens with zero attached hydrogens (tertiary/aromatic N) is 4. The summed E-state index contributed by atoms with van der Waals surface area (Å²) in [4.78, 5) is 25.1. The van der Waals surface area contributed by atoms with Crippen molar-refractivity contribution in [2.24, 2.45) is 0 Å². The number of aromatic nitrogens is 4. The summed E-state index contributed by atoms with van der Waals surface area (Å²) in [6.45, 7) is 0.400. The molecule has 0 saturated heterocycles. The van der Waals surface area contributed by atoms with Crippen LogP contribution < -0.4 is 5.32 Å². The highest BCUT2D eigenvalue weighted by molar-refractivity contribution is 5.94. The van der Waals surface area contributed by atoms with E-state index in [4.69, 9.17) is 0 Å². The number of amides is 1. The van der Waals surface area contributed by atoms with Crippen molar-refractivity contribution in [1.29, 1.82) is 0 Å². The monoisotopic (exact) mass is 329 g/mol. The molecule has 6 heteroatoms. The summed E-state index contributed by atoms with van der Waals surface area (Å²) in [5, 5.41) is 2.87. The van der Waals surface area contributed by atoms with Crippen LogP contribution >= 0.6 is 0 Å². The highest BCUT2D eigenvalue weighted by atomic mass is 16.1. The van der Waals surface area contributed by atoms with Crippen LogP contribution in [0.1, 0.15) is 16.1 Å². The van der Waals surface area contributed by atoms with E-state index in [9.17, 15) is 4.79 Å². The molecule has 4 rings (SSSR count). The number of rotatable bonds is 4. The number of carbonyl (C=O) groups excluding carboxylic acids is 1. The Labute approximate surface area is 144 Å². The molecule has 0 saturated carbocycles. The molecule has 122 valence electrons. The molecule has 0 unspecified atom stereocenters. The Bertz CT molecular complexity index is 1010. The van der Waals surface area contributed by atoms with Gasteiger partial charge in [-0.25, -0.2) is 9.97 Å². The van der Waals surface area contributed by atoms with Crippen molar-refractivity contribution in [1.82, 2.24) is 24.8 Å². The topological polar surface area (TPSA) is 72.7 Å². The molecule has 4 aromatic rings. The molecule has 0 aliphatic heterocycles. The van der Waals surface area contributed by atoms with Gasteiger partial charge in [-0.05, 0) is 48.5 Å². The molecule has 0 aliphatic carbocycles. The quantitative estimate of drug-likeness (QED) is 0.625. The minimum atomic E-state index is -0.134. The molecule has 0 atom stereocenters. The second-order valence-electron chi connectivity index (χ2n) is 5.51. The van der Waals surface area contributed by atoms with E-state index in [1.54, 1.807) is 30.9 Å². The third-order valence-electron chi connectivity index (χ3n) is 3.87. The fourth-order valence-electron chi connectivity index (χ4n) is 2.59. The lowest BCUT2D eigenvalue weighted by Crippen LogP contribution is -2.23. The minimum Gasteiger partial charge on any atom is -0.346 e. The van der Waals surface area contributed by atoms with Gasteiger partial charge in [0.2, 0.25) is 0 Å². The molecule has 1 N–H and O–H groups in total. The van der Waals surface area contributed by atoms with Gasteiger partial charge < -0.3 is 5.32 Å². The van der Waals surface area contributed by atoms with Crippen molar-refractivity contribution >= 4 is 17.1 Å². The van der Waals surface area contributed by atoms with Crippen LogP contribution in [0.25, 0.3) is 16.9 Å². The van der Waals surface area contributed by atoms with Crippen LogP contribution in [0.3, 0.4) is 0 Å². The van der Waals surface area contributed by atoms with Gasteiger partial charge in [-0.2, -0.15) is 0 Å². The number of fused-ring (bicyclic) bond motifs is 1. The molecule has 25 heavy (non-hydrogen) atoms. The molecule has 0 bridgehead atoms. The Balaban J connectivity index is 1.51. The standard InChI is InChI=1S/C19H15N5O/c25-19(22-12-15-4-1-2-10-20-15)14-6-8-16(9-7-14)24-13-23-17-5-3-11-21-18(17)24/h1-11,13H,12H2,(H,22,25). The van der Waals surface area contributed by atoms with E-state index in [0.29, 0.717) is 12.1 Å². The van der Waals surface area contributed by atoms with E-state index in [1.165, 1.54) is 0 Å². The number of benzene rings is 1. The number of pyridine rings is 2. The SMILES string of the molecule is O=C(NCc1ccccn1)c1ccc(-n2cnc3cccnc32)cc1. The fraction of sp³-hybridized carbons (Fsp3) is 0.0526. The van der Waals surface area contributed by atoms with Crippen LogP contribution in [0.2, 0.25) is 0 Å². The van der Waals surface area contributed by atoms with Crippen LogP contribution in [-0.2, 0) is 6.54 Å². The first-order chi connectivity index (χ1) is 12.3. The van der Waals surface area contributed by atoms with Gasteiger partial charge >= 0.3 is 0 Å². The van der Waals surface area contributed by atoms with Gasteiger partial charge in [-0.1, -0.05) is 6.07 Å². The molecule has 1 amide bonds. The van der Waals surface area contributed by atoms with Crippen LogP contribution in [0.5, 0.6) is 0 Å². The third kappa shape index (κ3) is 3.10. The summed E-state index contributed by atoms with van der Waals surface area (Å²) in [6, 6.07) is 16.7. The Kier molecular flexibility index (Phi) is 3.92. The van der Waals surface area contributed by atoms with Crippen LogP contribution in [0, 0.1) is 0 Å². The number of hydrogen-bond donors (Lipinski definition) is 1. The first kappa shape index (κ1) is 15.0. The molecule has 0 spiro atoms. The molecular weight excluding hydrogens is 314 g/mol. The number of nitrogens with one attached hydrogen (secondary N) is 1. The molecule has 3 aromatic heterocycles. The van der Waals surface area contributed by atoms with E-state index in [2.05, 4.69) is 20.3 Å². The Morgan fingerprint density at radius 3 is 2.56 bits per heavy atom. The summed E-state index contributed by atoms with van der Waals surface area (Å²) in [7, 11) is 0. The van der Waals surface area contributed by atoms with Gasteiger partial charge in [-0.3, -0.25) is 14.3 Å². The van der Waals surface area contributed by atoms with Crippen molar-refractivity contribution in [3.63, 3.8) is 0 Å². The maximum atomic E-state index is 12.3. The van der Waals surface area contributed by atoms with Gasteiger partial charge in [0, 0.05) is 23.6 Å². The van der Waals surface area contributed by atoms with Crippen molar-refractivity contribution in [3.05, 3.63) is 84.6 Å². The molecule has 3 heterocycles. The Morgan fingerprint density at radius 1 is 0.920 bits per heavy atom. The zero-order chi connectivity index (χ0) is 17.1. The zero-order valence-electron chi connectivity index (χ0n) is 13.3. The van der Waals surface area contributed by atoms with Crippen LogP contribution in [-0.4, -0.2) is 25.4 Å². The van der Waals surface area contributed by atoms with E-state index in [-0.39, 0.29) is 5.91 Å². The lowest BCUT2D eigenvalue weighted by Gasteiger charge is -2.07. The molecular formula is C19H15N5O. The van der Waals surface area contributed by atoms with Crippen LogP contribution in [0.4, 0.5) is 0 Å². The number of carbonyl (C=O) groups is 1. The Hall–Kier alpha value is -3.54. The van der Waals surface area contributed by atoms with Gasteiger partial charge in [0.1, 0.15) is 11.8 Å². The van der Waals surface area contributed by atoms with Gasteiger partial charge in [0.15, 0.2) is 5.65 Å². The smallest absolute Gasteiger partial charge is 0.251 e. The van der Waals surface area contributed by atoms with E-state index in [1.807, 2.05) is 47.0 Å². The second-order valence-corrected chi connectivity index (χ2v) is 5.51. The minimum absolute atomic E-state index is 0.134.